The van der Waals surface area contributed by atoms with E-state index in [1.165, 1.54) is 0 Å². The van der Waals surface area contributed by atoms with Crippen molar-refractivity contribution in [3.8, 4) is 0 Å². The predicted octanol–water partition coefficient (Wildman–Crippen LogP) is 0.564. The van der Waals surface area contributed by atoms with E-state index in [1.807, 2.05) is 0 Å². The summed E-state index contributed by atoms with van der Waals surface area (Å²) in [6.07, 6.45) is 0. The first-order chi connectivity index (χ1) is 0. The molecular weight excluding hydrogens is 180 g/mol. The normalized spacial score (nSPS) is 0. The summed E-state index contributed by atoms with van der Waals surface area (Å²) in [7, 11) is 0. The van der Waals surface area contributed by atoms with Crippen LogP contribution in [0.5, 0.6) is 0 Å². The van der Waals surface area contributed by atoms with Crippen molar-refractivity contribution in [3.63, 3.8) is 0 Å². The van der Waals surface area contributed by atoms with Crippen molar-refractivity contribution in [2.45, 2.75) is 0 Å². The van der Waals surface area contributed by atoms with Crippen molar-refractivity contribution in [2.75, 3.05) is 0 Å². The second-order valence-corrected chi connectivity index (χ2v) is 0. The first-order valence-corrected chi connectivity index (χ1v) is 0. The quantitative estimate of drug-likeness (QED) is 0.297. The molecule has 0 spiro atoms. The molecule has 2 unspecified atom stereocenters. The Morgan fingerprint density at radius 3 is 0.750 bits per heavy atom. The van der Waals surface area contributed by atoms with Gasteiger partial charge in [0.25, 0.3) is 0 Å². The van der Waals surface area contributed by atoms with Crippen LogP contribution in [0.15, 0.2) is 0 Å². The molecule has 0 aromatic carbocycles. The van der Waals surface area contributed by atoms with Crippen molar-refractivity contribution >= 4 is 19.8 Å². The smallest absolute Gasteiger partial charge is 0 e. The molecule has 0 saturated carbocycles. The monoisotopic (exact) mass is 189 g/mol. The number of rotatable bonds is 0. The van der Waals surface area contributed by atoms with Gasteiger partial charge in [0.05, 0.1) is 0 Å². The van der Waals surface area contributed by atoms with Crippen LogP contribution in [-0.4, -0.2) is 0 Å². The van der Waals surface area contributed by atoms with Crippen LogP contribution in [0.1, 0.15) is 0 Å². The van der Waals surface area contributed by atoms with Crippen molar-refractivity contribution in [2.24, 2.45) is 0 Å². The van der Waals surface area contributed by atoms with E-state index in [-0.39, 0.29) is 47.6 Å². The summed E-state index contributed by atoms with van der Waals surface area (Å²) < 4.78 is 0. The van der Waals surface area contributed by atoms with Gasteiger partial charge < -0.3 is 7.43 Å². The summed E-state index contributed by atoms with van der Waals surface area (Å²) in [5.74, 6) is 0. The zero-order valence-corrected chi connectivity index (χ0v) is 7.11. The average molecular weight is 189 g/mol. The van der Waals surface area contributed by atoms with Crippen LogP contribution in [0.4, 0.5) is 0 Å². The van der Waals surface area contributed by atoms with Gasteiger partial charge >= 0.3 is 0 Å². The van der Waals surface area contributed by atoms with E-state index >= 15 is 0 Å². The van der Waals surface area contributed by atoms with Crippen LogP contribution in [0, 0.1) is 7.43 Å². The maximum absolute atomic E-state index is 0. The fourth-order valence-corrected chi connectivity index (χ4v) is 0. The zero-order chi connectivity index (χ0) is 0. The number of hydrogen-bond acceptors (Lipinski definition) is 0. The van der Waals surface area contributed by atoms with Gasteiger partial charge in [-0.2, -0.15) is 19.8 Å². The third kappa shape index (κ3) is 9.67. The molecule has 0 aromatic rings. The Hall–Kier alpha value is 1.52. The van der Waals surface area contributed by atoms with Crippen LogP contribution in [-0.2, 0) is 20.4 Å². The summed E-state index contributed by atoms with van der Waals surface area (Å²) in [6, 6.07) is 0. The summed E-state index contributed by atoms with van der Waals surface area (Å²) in [5, 5.41) is 0. The van der Waals surface area contributed by atoms with Gasteiger partial charge in [-0.15, -0.1) is 0 Å². The van der Waals surface area contributed by atoms with Crippen molar-refractivity contribution in [1.29, 1.82) is 0 Å². The molecule has 0 fully saturated rings. The first-order valence-electron chi connectivity index (χ1n) is 0. The van der Waals surface area contributed by atoms with Gasteiger partial charge in [0.15, 0.2) is 0 Å². The van der Waals surface area contributed by atoms with Crippen molar-refractivity contribution < 1.29 is 20.4 Å². The molecule has 0 aromatic heterocycles. The summed E-state index contributed by atoms with van der Waals surface area (Å²) >= 11 is 0. The van der Waals surface area contributed by atoms with E-state index in [0.717, 1.165) is 0 Å². The molecule has 0 saturated heterocycles. The van der Waals surface area contributed by atoms with E-state index in [1.54, 1.807) is 0 Å². The molecule has 0 aliphatic carbocycles. The fraction of sp³-hybridized carbons (Fsp3) is 0. The second kappa shape index (κ2) is 24.2. The van der Waals surface area contributed by atoms with Crippen LogP contribution >= 0.6 is 19.8 Å². The second-order valence-electron chi connectivity index (χ2n) is 0. The first kappa shape index (κ1) is 48.7. The minimum atomic E-state index is 0. The minimum Gasteiger partial charge on any atom is -0.358 e. The Balaban J connectivity index is 0. The largest absolute Gasteiger partial charge is 0.358 e. The van der Waals surface area contributed by atoms with Gasteiger partial charge in [0.1, 0.15) is 0 Å². The maximum Gasteiger partial charge on any atom is 0 e. The van der Waals surface area contributed by atoms with Gasteiger partial charge in [-0.1, -0.05) is 0 Å². The molecule has 0 nitrogen and oxygen atoms in total. The Bertz CT molecular complexity index is 6.00. The molecule has 0 amide bonds. The molecule has 0 bridgehead atoms. The molecule has 2 atom stereocenters. The third-order valence-electron chi connectivity index (χ3n) is 0. The summed E-state index contributed by atoms with van der Waals surface area (Å²) in [4.78, 5) is 0. The van der Waals surface area contributed by atoms with E-state index in [0.29, 0.717) is 0 Å². The van der Waals surface area contributed by atoms with Gasteiger partial charge in [-0.3, -0.25) is 0 Å². The molecule has 3 heteroatoms. The Morgan fingerprint density at radius 2 is 0.750 bits per heavy atom. The molecule has 0 N–H and O–H groups in total. The molecule has 34 valence electrons. The Morgan fingerprint density at radius 1 is 0.750 bits per heavy atom. The molecule has 0 radical (unpaired) electrons. The molecule has 0 rings (SSSR count). The minimum absolute atomic E-state index is 0. The predicted molar refractivity (Wildman–Crippen MR) is 28.6 cm³/mol. The van der Waals surface area contributed by atoms with Crippen molar-refractivity contribution in [3.05, 3.63) is 7.43 Å². The van der Waals surface area contributed by atoms with E-state index in [4.69, 9.17) is 0 Å². The SMILES string of the molecule is P.P.[CH3-].[Pd]. The van der Waals surface area contributed by atoms with E-state index < -0.39 is 0 Å². The van der Waals surface area contributed by atoms with E-state index in [2.05, 4.69) is 0 Å². The maximum atomic E-state index is 0. The summed E-state index contributed by atoms with van der Waals surface area (Å²) in [5.41, 5.74) is 0. The molecule has 0 aliphatic heterocycles. The topological polar surface area (TPSA) is 0 Å². The Kier molecular flexibility index (Phi) is 295. The van der Waals surface area contributed by atoms with E-state index in [9.17, 15) is 0 Å². The van der Waals surface area contributed by atoms with Crippen molar-refractivity contribution in [1.82, 2.24) is 0 Å². The summed E-state index contributed by atoms with van der Waals surface area (Å²) in [6.45, 7) is 0. The van der Waals surface area contributed by atoms with Crippen LogP contribution in [0.25, 0.3) is 0 Å². The van der Waals surface area contributed by atoms with Gasteiger partial charge in [0.2, 0.25) is 0 Å². The molecule has 0 heterocycles. The van der Waals surface area contributed by atoms with Crippen LogP contribution < -0.4 is 0 Å². The molecule has 4 heavy (non-hydrogen) atoms. The van der Waals surface area contributed by atoms with Gasteiger partial charge in [-0.25, -0.2) is 0 Å². The van der Waals surface area contributed by atoms with Crippen LogP contribution in [0.3, 0.4) is 0 Å². The third-order valence-corrected chi connectivity index (χ3v) is 0. The van der Waals surface area contributed by atoms with Gasteiger partial charge in [0, 0.05) is 20.4 Å². The zero-order valence-electron chi connectivity index (χ0n) is 2.73. The molecular formula is CH9P2Pd-. The standard InChI is InChI=1S/CH3.2H3P.Pd/h3*1H3;/q-1;;;. The van der Waals surface area contributed by atoms with Crippen LogP contribution in [0.2, 0.25) is 0 Å². The Labute approximate surface area is 48.0 Å². The number of hydrogen-bond donors (Lipinski definition) is 0. The fourth-order valence-electron chi connectivity index (χ4n) is 0. The average Bonchev–Trinajstić information content (AvgIpc) is 0. The van der Waals surface area contributed by atoms with Gasteiger partial charge in [-0.05, 0) is 0 Å². The molecule has 0 aliphatic rings.